The Kier molecular flexibility index (Phi) is 6.11. The Morgan fingerprint density at radius 1 is 1.15 bits per heavy atom. The number of aryl methyl sites for hydroxylation is 1. The number of rotatable bonds is 6. The third-order valence-electron chi connectivity index (χ3n) is 6.26. The zero-order chi connectivity index (χ0) is 22.8. The lowest BCUT2D eigenvalue weighted by Crippen LogP contribution is -2.34. The number of hydrogen-bond donors (Lipinski definition) is 3. The molecule has 33 heavy (non-hydrogen) atoms. The van der Waals surface area contributed by atoms with Gasteiger partial charge in [-0.05, 0) is 68.6 Å². The minimum atomic E-state index is -0.974. The monoisotopic (exact) mass is 460 g/mol. The van der Waals surface area contributed by atoms with Gasteiger partial charge in [-0.25, -0.2) is 9.78 Å². The molecule has 1 aliphatic heterocycles. The van der Waals surface area contributed by atoms with Crippen molar-refractivity contribution < 1.29 is 9.90 Å². The average Bonchev–Trinajstić information content (AvgIpc) is 2.83. The number of nitrogens with zero attached hydrogens (tertiary/aromatic N) is 2. The van der Waals surface area contributed by atoms with Crippen LogP contribution in [0, 0.1) is 0 Å². The molecule has 1 aliphatic rings. The van der Waals surface area contributed by atoms with E-state index in [0.717, 1.165) is 46.9 Å². The fourth-order valence-electron chi connectivity index (χ4n) is 4.62. The minimum Gasteiger partial charge on any atom is -0.478 e. The number of halogens is 1. The van der Waals surface area contributed by atoms with Crippen LogP contribution in [0.2, 0.25) is 5.02 Å². The third kappa shape index (κ3) is 4.63. The van der Waals surface area contributed by atoms with E-state index in [2.05, 4.69) is 10.6 Å². The first-order valence-electron chi connectivity index (χ1n) is 11.3. The van der Waals surface area contributed by atoms with Gasteiger partial charge >= 0.3 is 5.97 Å². The Morgan fingerprint density at radius 3 is 2.85 bits per heavy atom. The van der Waals surface area contributed by atoms with Crippen LogP contribution in [0.1, 0.15) is 41.7 Å². The second-order valence-corrected chi connectivity index (χ2v) is 8.93. The van der Waals surface area contributed by atoms with Gasteiger partial charge in [0.2, 0.25) is 0 Å². The lowest BCUT2D eigenvalue weighted by atomic mass is 9.96. The highest BCUT2D eigenvalue weighted by atomic mass is 35.5. The number of nitrogens with one attached hydrogen (secondary N) is 2. The van der Waals surface area contributed by atoms with Crippen molar-refractivity contribution in [2.75, 3.05) is 11.9 Å². The number of carboxylic acids is 1. The Hall–Kier alpha value is -3.22. The van der Waals surface area contributed by atoms with Crippen LogP contribution in [-0.2, 0) is 6.42 Å². The number of anilines is 2. The number of fused-ring (bicyclic) bond motifs is 3. The van der Waals surface area contributed by atoms with E-state index < -0.39 is 5.97 Å². The number of aromatic carboxylic acids is 1. The number of hydrogen-bond acceptors (Lipinski definition) is 5. The molecule has 1 fully saturated rings. The van der Waals surface area contributed by atoms with Crippen LogP contribution in [0.3, 0.4) is 0 Å². The van der Waals surface area contributed by atoms with Crippen LogP contribution in [0.5, 0.6) is 0 Å². The summed E-state index contributed by atoms with van der Waals surface area (Å²) >= 11 is 6.18. The zero-order valence-electron chi connectivity index (χ0n) is 18.1. The van der Waals surface area contributed by atoms with E-state index >= 15 is 0 Å². The molecule has 0 saturated carbocycles. The summed E-state index contributed by atoms with van der Waals surface area (Å²) in [5.41, 5.74) is 2.65. The molecule has 2 aromatic heterocycles. The number of pyridine rings is 2. The number of benzene rings is 2. The largest absolute Gasteiger partial charge is 0.478 e. The summed E-state index contributed by atoms with van der Waals surface area (Å²) in [5.74, 6) is -0.320. The van der Waals surface area contributed by atoms with Crippen molar-refractivity contribution in [2.24, 2.45) is 0 Å². The standard InChI is InChI=1S/C26H25ClN4O2/c27-17-4-3-6-19(15-17)30-25-21-11-13-29-22(10-8-18-5-1-2-12-28-18)24(21)20-9-7-16(26(32)33)14-23(20)31-25/h3-4,6-7,9,11,13-15,18,28H,1-2,5,8,10,12H2,(H,30,31)(H,32,33). The van der Waals surface area contributed by atoms with Gasteiger partial charge in [-0.3, -0.25) is 4.98 Å². The Labute approximate surface area is 197 Å². The maximum Gasteiger partial charge on any atom is 0.335 e. The van der Waals surface area contributed by atoms with Crippen LogP contribution in [0.4, 0.5) is 11.5 Å². The van der Waals surface area contributed by atoms with Gasteiger partial charge in [0.1, 0.15) is 5.82 Å². The van der Waals surface area contributed by atoms with E-state index in [4.69, 9.17) is 21.6 Å². The van der Waals surface area contributed by atoms with E-state index in [1.807, 2.05) is 42.6 Å². The second kappa shape index (κ2) is 9.33. The summed E-state index contributed by atoms with van der Waals surface area (Å²) in [4.78, 5) is 21.1. The summed E-state index contributed by atoms with van der Waals surface area (Å²) in [5, 5.41) is 20.0. The van der Waals surface area contributed by atoms with Gasteiger partial charge in [0, 0.05) is 44.8 Å². The first-order valence-corrected chi connectivity index (χ1v) is 11.7. The normalized spacial score (nSPS) is 16.2. The lowest BCUT2D eigenvalue weighted by molar-refractivity contribution is 0.0697. The van der Waals surface area contributed by atoms with E-state index in [-0.39, 0.29) is 5.56 Å². The molecule has 6 nitrogen and oxygen atoms in total. The van der Waals surface area contributed by atoms with Crippen LogP contribution in [0.25, 0.3) is 21.7 Å². The maximum atomic E-state index is 11.6. The summed E-state index contributed by atoms with van der Waals surface area (Å²) in [7, 11) is 0. The summed E-state index contributed by atoms with van der Waals surface area (Å²) in [6.45, 7) is 1.08. The highest BCUT2D eigenvalue weighted by molar-refractivity contribution is 6.30. The number of aromatic nitrogens is 2. The van der Waals surface area contributed by atoms with Crippen molar-refractivity contribution in [3.8, 4) is 0 Å². The Bertz CT molecular complexity index is 1330. The predicted molar refractivity (Wildman–Crippen MR) is 133 cm³/mol. The quantitative estimate of drug-likeness (QED) is 0.308. The van der Waals surface area contributed by atoms with Crippen molar-refractivity contribution in [1.82, 2.24) is 15.3 Å². The molecule has 0 radical (unpaired) electrons. The number of carboxylic acid groups (broad SMARTS) is 1. The predicted octanol–water partition coefficient (Wildman–Crippen LogP) is 5.95. The molecule has 3 N–H and O–H groups in total. The highest BCUT2D eigenvalue weighted by Crippen LogP contribution is 2.34. The van der Waals surface area contributed by atoms with Gasteiger partial charge in [0.05, 0.1) is 11.1 Å². The summed E-state index contributed by atoms with van der Waals surface area (Å²) < 4.78 is 0. The van der Waals surface area contributed by atoms with Crippen molar-refractivity contribution in [1.29, 1.82) is 0 Å². The fourth-order valence-corrected chi connectivity index (χ4v) is 4.81. The molecule has 3 heterocycles. The number of carbonyl (C=O) groups is 1. The van der Waals surface area contributed by atoms with Gasteiger partial charge in [0.25, 0.3) is 0 Å². The summed E-state index contributed by atoms with van der Waals surface area (Å²) in [6.07, 6.45) is 7.37. The van der Waals surface area contributed by atoms with Crippen LogP contribution >= 0.6 is 11.6 Å². The van der Waals surface area contributed by atoms with Gasteiger partial charge in [-0.15, -0.1) is 0 Å². The molecule has 7 heteroatoms. The molecule has 1 atom stereocenters. The molecule has 1 saturated heterocycles. The second-order valence-electron chi connectivity index (χ2n) is 8.50. The van der Waals surface area contributed by atoms with Crippen molar-refractivity contribution in [3.05, 3.63) is 71.0 Å². The first kappa shape index (κ1) is 21.6. The van der Waals surface area contributed by atoms with E-state index in [9.17, 15) is 9.90 Å². The molecule has 0 bridgehead atoms. The van der Waals surface area contributed by atoms with E-state index in [1.54, 1.807) is 12.1 Å². The van der Waals surface area contributed by atoms with Crippen LogP contribution in [-0.4, -0.2) is 33.6 Å². The molecule has 5 rings (SSSR count). The van der Waals surface area contributed by atoms with Crippen LogP contribution in [0.15, 0.2) is 54.7 Å². The van der Waals surface area contributed by atoms with Crippen LogP contribution < -0.4 is 10.6 Å². The molecule has 0 spiro atoms. The maximum absolute atomic E-state index is 11.6. The topological polar surface area (TPSA) is 87.1 Å². The zero-order valence-corrected chi connectivity index (χ0v) is 18.9. The molecule has 168 valence electrons. The first-order chi connectivity index (χ1) is 16.1. The molecule has 2 aromatic carbocycles. The molecule has 0 aliphatic carbocycles. The molecule has 4 aromatic rings. The van der Waals surface area contributed by atoms with Crippen molar-refractivity contribution in [3.63, 3.8) is 0 Å². The van der Waals surface area contributed by atoms with Gasteiger partial charge in [-0.2, -0.15) is 0 Å². The van der Waals surface area contributed by atoms with Gasteiger partial charge in [-0.1, -0.05) is 30.2 Å². The Morgan fingerprint density at radius 2 is 2.06 bits per heavy atom. The summed E-state index contributed by atoms with van der Waals surface area (Å²) in [6, 6.07) is 15.0. The van der Waals surface area contributed by atoms with Crippen molar-refractivity contribution >= 4 is 50.8 Å². The number of piperidine rings is 1. The van der Waals surface area contributed by atoms with Gasteiger partial charge < -0.3 is 15.7 Å². The fraction of sp³-hybridized carbons (Fsp3) is 0.269. The van der Waals surface area contributed by atoms with Crippen molar-refractivity contribution in [2.45, 2.75) is 38.1 Å². The molecular weight excluding hydrogens is 436 g/mol. The highest BCUT2D eigenvalue weighted by Gasteiger charge is 2.17. The average molecular weight is 461 g/mol. The third-order valence-corrected chi connectivity index (χ3v) is 6.50. The Balaban J connectivity index is 1.63. The lowest BCUT2D eigenvalue weighted by Gasteiger charge is -2.23. The SMILES string of the molecule is O=C(O)c1ccc2c(c1)nc(Nc1cccc(Cl)c1)c1ccnc(CCC3CCCCN3)c12. The van der Waals surface area contributed by atoms with E-state index in [0.29, 0.717) is 22.4 Å². The smallest absolute Gasteiger partial charge is 0.335 e. The molecular formula is C26H25ClN4O2. The minimum absolute atomic E-state index is 0.208. The molecule has 1 unspecified atom stereocenters. The van der Waals surface area contributed by atoms with E-state index in [1.165, 1.54) is 19.3 Å². The van der Waals surface area contributed by atoms with Gasteiger partial charge in [0.15, 0.2) is 0 Å². The molecule has 0 amide bonds.